The molecule has 4 bridgehead atoms. The Balaban J connectivity index is 1.73. The van der Waals surface area contributed by atoms with Crippen LogP contribution in [0.15, 0.2) is 35.2 Å². The lowest BCUT2D eigenvalue weighted by Crippen LogP contribution is -2.71. The lowest BCUT2D eigenvalue weighted by molar-refractivity contribution is -0.467. The van der Waals surface area contributed by atoms with E-state index < -0.39 is 18.7 Å². The minimum Gasteiger partial charge on any atom is -0.338 e. The van der Waals surface area contributed by atoms with Crippen LogP contribution in [0.1, 0.15) is 40.5 Å². The molecular weight excluding hydrogens is 303 g/mol. The van der Waals surface area contributed by atoms with E-state index in [4.69, 9.17) is 14.2 Å². The van der Waals surface area contributed by atoms with Crippen molar-refractivity contribution in [3.8, 4) is 0 Å². The molecule has 21 heavy (non-hydrogen) atoms. The van der Waals surface area contributed by atoms with Gasteiger partial charge in [0, 0.05) is 24.9 Å². The zero-order valence-electron chi connectivity index (χ0n) is 12.9. The van der Waals surface area contributed by atoms with Crippen LogP contribution < -0.4 is 0 Å². The second-order valence-electron chi connectivity index (χ2n) is 6.98. The molecule has 4 fully saturated rings. The van der Waals surface area contributed by atoms with Crippen LogP contribution >= 0.6 is 18.5 Å². The standard InChI is InChI=1S/C16H21O3PS/c1-13-10-15(3)19-14(2,17-13)11-16(4,18-13)20(15)21-12-8-6-5-7-9-12/h5-9H,10-11H2,1-4H3. The Bertz CT molecular complexity index is 534. The van der Waals surface area contributed by atoms with Gasteiger partial charge in [0.15, 0.2) is 11.6 Å². The van der Waals surface area contributed by atoms with Crippen molar-refractivity contribution in [2.24, 2.45) is 0 Å². The molecule has 0 N–H and O–H groups in total. The molecule has 4 unspecified atom stereocenters. The first-order chi connectivity index (χ1) is 9.75. The van der Waals surface area contributed by atoms with Gasteiger partial charge in [0.1, 0.15) is 10.7 Å². The summed E-state index contributed by atoms with van der Waals surface area (Å²) >= 11 is 1.93. The summed E-state index contributed by atoms with van der Waals surface area (Å²) in [6.07, 6.45) is 1.60. The van der Waals surface area contributed by atoms with Gasteiger partial charge in [-0.15, -0.1) is 0 Å². The molecule has 4 atom stereocenters. The Morgan fingerprint density at radius 2 is 1.38 bits per heavy atom. The quantitative estimate of drug-likeness (QED) is 0.722. The van der Waals surface area contributed by atoms with E-state index in [0.29, 0.717) is 0 Å². The van der Waals surface area contributed by atoms with Crippen molar-refractivity contribution in [2.75, 3.05) is 0 Å². The molecule has 0 radical (unpaired) electrons. The molecule has 3 nitrogen and oxygen atoms in total. The Labute approximate surface area is 131 Å². The highest BCUT2D eigenvalue weighted by Crippen LogP contribution is 2.82. The molecule has 1 aromatic carbocycles. The van der Waals surface area contributed by atoms with Gasteiger partial charge in [0.2, 0.25) is 0 Å². The third-order valence-electron chi connectivity index (χ3n) is 4.40. The molecular formula is C16H21O3PS. The van der Waals surface area contributed by atoms with Crippen molar-refractivity contribution in [3.63, 3.8) is 0 Å². The van der Waals surface area contributed by atoms with Crippen molar-refractivity contribution in [3.05, 3.63) is 30.3 Å². The molecule has 0 spiro atoms. The fourth-order valence-electron chi connectivity index (χ4n) is 4.34. The van der Waals surface area contributed by atoms with E-state index >= 15 is 0 Å². The monoisotopic (exact) mass is 324 g/mol. The normalized spacial score (nSPS) is 51.3. The molecule has 4 aliphatic heterocycles. The van der Waals surface area contributed by atoms with Crippen molar-refractivity contribution in [1.29, 1.82) is 0 Å². The van der Waals surface area contributed by atoms with Crippen LogP contribution in [-0.4, -0.2) is 22.3 Å². The maximum absolute atomic E-state index is 6.42. The third kappa shape index (κ3) is 2.19. The predicted octanol–water partition coefficient (Wildman–Crippen LogP) is 4.91. The maximum Gasteiger partial charge on any atom is 0.173 e. The van der Waals surface area contributed by atoms with Gasteiger partial charge in [-0.05, 0) is 39.8 Å². The van der Waals surface area contributed by atoms with Gasteiger partial charge in [0.05, 0.1) is 0 Å². The molecule has 1 aromatic rings. The number of hydrogen-bond donors (Lipinski definition) is 0. The summed E-state index contributed by atoms with van der Waals surface area (Å²) in [4.78, 5) is 1.29. The van der Waals surface area contributed by atoms with Gasteiger partial charge in [-0.2, -0.15) is 0 Å². The van der Waals surface area contributed by atoms with Gasteiger partial charge in [-0.1, -0.05) is 29.6 Å². The molecule has 0 aliphatic carbocycles. The summed E-state index contributed by atoms with van der Waals surface area (Å²) in [5, 5.41) is -0.328. The third-order valence-corrected chi connectivity index (χ3v) is 10.8. The van der Waals surface area contributed by atoms with E-state index in [1.54, 1.807) is 0 Å². The number of rotatable bonds is 2. The minimum atomic E-state index is -0.518. The number of benzene rings is 1. The highest BCUT2D eigenvalue weighted by Gasteiger charge is 2.71. The smallest absolute Gasteiger partial charge is 0.173 e. The van der Waals surface area contributed by atoms with Crippen LogP contribution in [0.2, 0.25) is 0 Å². The van der Waals surface area contributed by atoms with Gasteiger partial charge in [0.25, 0.3) is 0 Å². The molecule has 114 valence electrons. The number of ether oxygens (including phenoxy) is 3. The zero-order valence-corrected chi connectivity index (χ0v) is 14.6. The van der Waals surface area contributed by atoms with E-state index in [9.17, 15) is 0 Å². The molecule has 5 rings (SSSR count). The van der Waals surface area contributed by atoms with Crippen molar-refractivity contribution in [2.45, 2.75) is 67.7 Å². The topological polar surface area (TPSA) is 27.7 Å². The van der Waals surface area contributed by atoms with E-state index in [-0.39, 0.29) is 10.7 Å². The highest BCUT2D eigenvalue weighted by atomic mass is 32.7. The van der Waals surface area contributed by atoms with Crippen LogP contribution in [0.4, 0.5) is 0 Å². The highest BCUT2D eigenvalue weighted by molar-refractivity contribution is 8.56. The van der Waals surface area contributed by atoms with Crippen LogP contribution in [0.5, 0.6) is 0 Å². The first kappa shape index (κ1) is 14.5. The fourth-order valence-corrected chi connectivity index (χ4v) is 10.4. The van der Waals surface area contributed by atoms with Crippen molar-refractivity contribution in [1.82, 2.24) is 0 Å². The predicted molar refractivity (Wildman–Crippen MR) is 85.3 cm³/mol. The van der Waals surface area contributed by atoms with Gasteiger partial charge < -0.3 is 14.2 Å². The second kappa shape index (κ2) is 4.24. The van der Waals surface area contributed by atoms with Gasteiger partial charge in [-0.3, -0.25) is 0 Å². The first-order valence-corrected chi connectivity index (χ1v) is 10.1. The Morgan fingerprint density at radius 1 is 0.857 bits per heavy atom. The minimum absolute atomic E-state index is 0.164. The molecule has 0 aromatic heterocycles. The Hall–Kier alpha value is -0.120. The average molecular weight is 324 g/mol. The van der Waals surface area contributed by atoms with E-state index in [1.165, 1.54) is 4.90 Å². The van der Waals surface area contributed by atoms with Gasteiger partial charge in [-0.25, -0.2) is 0 Å². The van der Waals surface area contributed by atoms with Gasteiger partial charge >= 0.3 is 0 Å². The molecule has 0 amide bonds. The SMILES string of the molecule is CC12CC3(C)OC(C)(CC(C)(O1)P3Sc1ccccc1)O2. The first-order valence-electron chi connectivity index (χ1n) is 7.38. The summed E-state index contributed by atoms with van der Waals surface area (Å²) in [7, 11) is -0.518. The van der Waals surface area contributed by atoms with E-state index in [1.807, 2.05) is 11.4 Å². The molecule has 5 heteroatoms. The fraction of sp³-hybridized carbons (Fsp3) is 0.625. The Morgan fingerprint density at radius 3 is 1.90 bits per heavy atom. The lowest BCUT2D eigenvalue weighted by Gasteiger charge is -2.69. The lowest BCUT2D eigenvalue weighted by atomic mass is 9.98. The van der Waals surface area contributed by atoms with Crippen LogP contribution in [0.25, 0.3) is 0 Å². The zero-order chi connectivity index (χ0) is 14.9. The Kier molecular flexibility index (Phi) is 2.92. The maximum atomic E-state index is 6.42. The largest absolute Gasteiger partial charge is 0.338 e. The molecule has 4 saturated heterocycles. The molecule has 4 aliphatic rings. The average Bonchev–Trinajstić information content (AvgIpc) is 2.31. The molecule has 4 heterocycles. The number of hydrogen-bond acceptors (Lipinski definition) is 4. The van der Waals surface area contributed by atoms with Crippen LogP contribution in [0, 0.1) is 0 Å². The summed E-state index contributed by atoms with van der Waals surface area (Å²) in [5.41, 5.74) is 0. The van der Waals surface area contributed by atoms with E-state index in [2.05, 4.69) is 58.0 Å². The van der Waals surface area contributed by atoms with E-state index in [0.717, 1.165) is 12.8 Å². The van der Waals surface area contributed by atoms with Crippen molar-refractivity contribution < 1.29 is 14.2 Å². The second-order valence-corrected chi connectivity index (χ2v) is 11.8. The summed E-state index contributed by atoms with van der Waals surface area (Å²) in [6, 6.07) is 10.6. The molecule has 0 saturated carbocycles. The summed E-state index contributed by atoms with van der Waals surface area (Å²) < 4.78 is 18.9. The van der Waals surface area contributed by atoms with Crippen LogP contribution in [-0.2, 0) is 14.2 Å². The summed E-state index contributed by atoms with van der Waals surface area (Å²) in [5.74, 6) is -1.02. The van der Waals surface area contributed by atoms with Crippen LogP contribution in [0.3, 0.4) is 0 Å². The van der Waals surface area contributed by atoms with Crippen molar-refractivity contribution >= 4 is 18.5 Å². The summed E-state index contributed by atoms with van der Waals surface area (Å²) in [6.45, 7) is 8.60.